The van der Waals surface area contributed by atoms with Crippen molar-refractivity contribution in [2.75, 3.05) is 0 Å². The van der Waals surface area contributed by atoms with E-state index in [4.69, 9.17) is 9.68 Å². The van der Waals surface area contributed by atoms with Crippen LogP contribution in [0.2, 0.25) is 0 Å². The fourth-order valence-electron chi connectivity index (χ4n) is 1.66. The molecule has 1 atom stereocenters. The van der Waals surface area contributed by atoms with Gasteiger partial charge in [0.25, 0.3) is 0 Å². The number of hydrogen-bond donors (Lipinski definition) is 1. The van der Waals surface area contributed by atoms with Crippen LogP contribution in [0.3, 0.4) is 0 Å². The van der Waals surface area contributed by atoms with Crippen molar-refractivity contribution in [1.29, 1.82) is 5.26 Å². The van der Waals surface area contributed by atoms with Gasteiger partial charge in [-0.25, -0.2) is 4.39 Å². The van der Waals surface area contributed by atoms with E-state index in [9.17, 15) is 4.39 Å². The van der Waals surface area contributed by atoms with Crippen molar-refractivity contribution in [3.05, 3.63) is 59.3 Å². The fraction of sp³-hybridized carbons (Fsp3) is 0.214. The highest BCUT2D eigenvalue weighted by Gasteiger charge is 2.07. The minimum absolute atomic E-state index is 0.0845. The molecule has 1 aromatic heterocycles. The highest BCUT2D eigenvalue weighted by Crippen LogP contribution is 2.14. The standard InChI is InChI=1S/C14H13FN2O/c1-10(11-2-4-12(15)5-3-11)17-9-14-7-6-13(8-16)18-14/h2-7,10,17H,9H2,1H3/t10-/m1/s1. The maximum Gasteiger partial charge on any atom is 0.203 e. The summed E-state index contributed by atoms with van der Waals surface area (Å²) in [5.41, 5.74) is 1.00. The van der Waals surface area contributed by atoms with Crippen molar-refractivity contribution in [1.82, 2.24) is 5.32 Å². The average molecular weight is 244 g/mol. The predicted octanol–water partition coefficient (Wildman–Crippen LogP) is 3.14. The molecule has 18 heavy (non-hydrogen) atoms. The first-order chi connectivity index (χ1) is 8.69. The zero-order valence-corrected chi connectivity index (χ0v) is 9.98. The van der Waals surface area contributed by atoms with Crippen LogP contribution in [0.4, 0.5) is 4.39 Å². The van der Waals surface area contributed by atoms with Crippen molar-refractivity contribution in [2.24, 2.45) is 0 Å². The Hall–Kier alpha value is -2.12. The second-order valence-corrected chi connectivity index (χ2v) is 4.03. The Labute approximate surface area is 105 Å². The molecule has 1 aromatic carbocycles. The monoisotopic (exact) mass is 244 g/mol. The molecule has 0 aliphatic rings. The third-order valence-electron chi connectivity index (χ3n) is 2.72. The van der Waals surface area contributed by atoms with E-state index in [1.54, 1.807) is 24.3 Å². The Morgan fingerprint density at radius 2 is 2.00 bits per heavy atom. The third-order valence-corrected chi connectivity index (χ3v) is 2.72. The molecule has 0 bridgehead atoms. The zero-order chi connectivity index (χ0) is 13.0. The van der Waals surface area contributed by atoms with E-state index in [0.29, 0.717) is 18.1 Å². The van der Waals surface area contributed by atoms with Crippen molar-refractivity contribution >= 4 is 0 Å². The molecule has 0 aliphatic heterocycles. The number of rotatable bonds is 4. The Morgan fingerprint density at radius 1 is 1.28 bits per heavy atom. The van der Waals surface area contributed by atoms with Crippen LogP contribution in [-0.4, -0.2) is 0 Å². The SMILES string of the molecule is C[C@@H](NCc1ccc(C#N)o1)c1ccc(F)cc1. The quantitative estimate of drug-likeness (QED) is 0.898. The lowest BCUT2D eigenvalue weighted by Crippen LogP contribution is -2.17. The second-order valence-electron chi connectivity index (χ2n) is 4.03. The minimum Gasteiger partial charge on any atom is -0.449 e. The van der Waals surface area contributed by atoms with Gasteiger partial charge in [-0.05, 0) is 36.8 Å². The van der Waals surface area contributed by atoms with Gasteiger partial charge in [-0.1, -0.05) is 12.1 Å². The van der Waals surface area contributed by atoms with Gasteiger partial charge in [-0.2, -0.15) is 5.26 Å². The van der Waals surface area contributed by atoms with Gasteiger partial charge >= 0.3 is 0 Å². The van der Waals surface area contributed by atoms with Crippen LogP contribution in [0, 0.1) is 17.1 Å². The van der Waals surface area contributed by atoms with E-state index in [2.05, 4.69) is 5.32 Å². The first-order valence-corrected chi connectivity index (χ1v) is 5.66. The summed E-state index contributed by atoms with van der Waals surface area (Å²) in [6.07, 6.45) is 0. The molecule has 1 N–H and O–H groups in total. The maximum atomic E-state index is 12.8. The van der Waals surface area contributed by atoms with Gasteiger partial charge in [0, 0.05) is 6.04 Å². The van der Waals surface area contributed by atoms with E-state index in [-0.39, 0.29) is 11.9 Å². The number of furan rings is 1. The Balaban J connectivity index is 1.94. The normalized spacial score (nSPS) is 12.1. The van der Waals surface area contributed by atoms with Crippen LogP contribution in [0.15, 0.2) is 40.8 Å². The summed E-state index contributed by atoms with van der Waals surface area (Å²) in [6.45, 7) is 2.52. The van der Waals surface area contributed by atoms with Gasteiger partial charge in [-0.15, -0.1) is 0 Å². The summed E-state index contributed by atoms with van der Waals surface area (Å²) in [4.78, 5) is 0. The molecule has 0 radical (unpaired) electrons. The molecule has 0 aliphatic carbocycles. The van der Waals surface area contributed by atoms with Crippen LogP contribution in [0.25, 0.3) is 0 Å². The molecule has 0 saturated heterocycles. The molecule has 4 heteroatoms. The summed E-state index contributed by atoms with van der Waals surface area (Å²) < 4.78 is 18.0. The number of halogens is 1. The summed E-state index contributed by atoms with van der Waals surface area (Å²) in [5, 5.41) is 11.9. The molecule has 0 spiro atoms. The topological polar surface area (TPSA) is 49.0 Å². The van der Waals surface area contributed by atoms with Crippen LogP contribution in [0.1, 0.15) is 30.0 Å². The highest BCUT2D eigenvalue weighted by atomic mass is 19.1. The highest BCUT2D eigenvalue weighted by molar-refractivity contribution is 5.21. The van der Waals surface area contributed by atoms with E-state index in [1.165, 1.54) is 12.1 Å². The van der Waals surface area contributed by atoms with E-state index in [1.807, 2.05) is 13.0 Å². The van der Waals surface area contributed by atoms with Crippen LogP contribution in [-0.2, 0) is 6.54 Å². The van der Waals surface area contributed by atoms with Crippen molar-refractivity contribution in [3.8, 4) is 6.07 Å². The molecule has 3 nitrogen and oxygen atoms in total. The largest absolute Gasteiger partial charge is 0.449 e. The van der Waals surface area contributed by atoms with Gasteiger partial charge in [0.2, 0.25) is 5.76 Å². The summed E-state index contributed by atoms with van der Waals surface area (Å²) in [6, 6.07) is 11.8. The molecule has 0 unspecified atom stereocenters. The van der Waals surface area contributed by atoms with Gasteiger partial charge in [0.1, 0.15) is 17.6 Å². The lowest BCUT2D eigenvalue weighted by molar-refractivity contribution is 0.453. The zero-order valence-electron chi connectivity index (χ0n) is 9.98. The van der Waals surface area contributed by atoms with Gasteiger partial charge < -0.3 is 9.73 Å². The second kappa shape index (κ2) is 5.48. The lowest BCUT2D eigenvalue weighted by atomic mass is 10.1. The molecule has 1 heterocycles. The number of nitrogens with zero attached hydrogens (tertiary/aromatic N) is 1. The molecular formula is C14H13FN2O. The predicted molar refractivity (Wildman–Crippen MR) is 65.1 cm³/mol. The Kier molecular flexibility index (Phi) is 3.75. The number of hydrogen-bond acceptors (Lipinski definition) is 3. The van der Waals surface area contributed by atoms with Crippen LogP contribution in [0.5, 0.6) is 0 Å². The lowest BCUT2D eigenvalue weighted by Gasteiger charge is -2.13. The number of nitrogens with one attached hydrogen (secondary N) is 1. The molecular weight excluding hydrogens is 231 g/mol. The van der Waals surface area contributed by atoms with Gasteiger partial charge in [-0.3, -0.25) is 0 Å². The molecule has 0 fully saturated rings. The molecule has 0 saturated carbocycles. The van der Waals surface area contributed by atoms with E-state index < -0.39 is 0 Å². The van der Waals surface area contributed by atoms with E-state index in [0.717, 1.165) is 5.56 Å². The smallest absolute Gasteiger partial charge is 0.203 e. The molecule has 92 valence electrons. The molecule has 0 amide bonds. The van der Waals surface area contributed by atoms with E-state index >= 15 is 0 Å². The fourth-order valence-corrected chi connectivity index (χ4v) is 1.66. The summed E-state index contributed by atoms with van der Waals surface area (Å²) in [5.74, 6) is 0.775. The summed E-state index contributed by atoms with van der Waals surface area (Å²) >= 11 is 0. The summed E-state index contributed by atoms with van der Waals surface area (Å²) in [7, 11) is 0. The maximum absolute atomic E-state index is 12.8. The average Bonchev–Trinajstić information content (AvgIpc) is 2.85. The Morgan fingerprint density at radius 3 is 2.61 bits per heavy atom. The first-order valence-electron chi connectivity index (χ1n) is 5.66. The molecule has 2 aromatic rings. The Bertz CT molecular complexity index is 554. The van der Waals surface area contributed by atoms with Crippen LogP contribution < -0.4 is 5.32 Å². The van der Waals surface area contributed by atoms with Gasteiger partial charge in [0.15, 0.2) is 0 Å². The van der Waals surface area contributed by atoms with Crippen molar-refractivity contribution in [2.45, 2.75) is 19.5 Å². The number of benzene rings is 1. The van der Waals surface area contributed by atoms with Gasteiger partial charge in [0.05, 0.1) is 6.54 Å². The molecule has 2 rings (SSSR count). The van der Waals surface area contributed by atoms with Crippen LogP contribution >= 0.6 is 0 Å². The van der Waals surface area contributed by atoms with Crippen molar-refractivity contribution in [3.63, 3.8) is 0 Å². The third kappa shape index (κ3) is 2.96. The minimum atomic E-state index is -0.240. The number of nitriles is 1. The van der Waals surface area contributed by atoms with Crippen molar-refractivity contribution < 1.29 is 8.81 Å². The first kappa shape index (κ1) is 12.3.